The summed E-state index contributed by atoms with van der Waals surface area (Å²) in [5.74, 6) is -1.98. The van der Waals surface area contributed by atoms with E-state index >= 15 is 0 Å². The van der Waals surface area contributed by atoms with Crippen LogP contribution in [0.25, 0.3) is 0 Å². The van der Waals surface area contributed by atoms with Gasteiger partial charge in [0.25, 0.3) is 11.8 Å². The maximum Gasteiger partial charge on any atom is 0.262 e. The number of amides is 4. The molecule has 3 heterocycles. The summed E-state index contributed by atoms with van der Waals surface area (Å²) in [6.07, 6.45) is 0.248. The summed E-state index contributed by atoms with van der Waals surface area (Å²) in [7, 11) is 0. The predicted octanol–water partition coefficient (Wildman–Crippen LogP) is -0.0556. The third kappa shape index (κ3) is 3.88. The fourth-order valence-corrected chi connectivity index (χ4v) is 4.28. The number of rotatable bonds is 5. The van der Waals surface area contributed by atoms with E-state index in [9.17, 15) is 19.2 Å². The van der Waals surface area contributed by atoms with Crippen molar-refractivity contribution in [3.63, 3.8) is 0 Å². The molecule has 0 saturated carbocycles. The van der Waals surface area contributed by atoms with Crippen molar-refractivity contribution in [1.29, 1.82) is 0 Å². The SMILES string of the molecule is CC1(C)CNC[C@@H](CNCc2cccc3c2C(=O)N(C2CCC(=O)NC2=O)C3=O)O1. The summed E-state index contributed by atoms with van der Waals surface area (Å²) in [6, 6.07) is 4.17. The van der Waals surface area contributed by atoms with Crippen molar-refractivity contribution in [3.8, 4) is 0 Å². The standard InChI is InChI=1S/C21H26N4O5/c1-21(2)11-23-10-13(30-21)9-22-8-12-4-3-5-14-17(12)20(29)25(19(14)28)15-6-7-16(26)24-18(15)27/h3-5,13,15,22-23H,6-11H2,1-2H3,(H,24,26,27)/t13-,15?/m1/s1. The second-order valence-corrected chi connectivity index (χ2v) is 8.55. The number of nitrogens with zero attached hydrogens (tertiary/aromatic N) is 1. The zero-order valence-corrected chi connectivity index (χ0v) is 17.1. The van der Waals surface area contributed by atoms with E-state index in [1.807, 2.05) is 13.8 Å². The van der Waals surface area contributed by atoms with Crippen LogP contribution in [0.4, 0.5) is 0 Å². The van der Waals surface area contributed by atoms with Crippen LogP contribution in [0.2, 0.25) is 0 Å². The molecule has 2 atom stereocenters. The topological polar surface area (TPSA) is 117 Å². The van der Waals surface area contributed by atoms with E-state index in [-0.39, 0.29) is 30.5 Å². The Labute approximate surface area is 174 Å². The fourth-order valence-electron chi connectivity index (χ4n) is 4.28. The average molecular weight is 414 g/mol. The molecule has 30 heavy (non-hydrogen) atoms. The summed E-state index contributed by atoms with van der Waals surface area (Å²) in [4.78, 5) is 50.6. The first-order valence-electron chi connectivity index (χ1n) is 10.2. The van der Waals surface area contributed by atoms with Crippen LogP contribution in [-0.4, -0.2) is 65.9 Å². The molecule has 3 N–H and O–H groups in total. The number of hydrogen-bond acceptors (Lipinski definition) is 7. The Morgan fingerprint density at radius 1 is 1.20 bits per heavy atom. The molecule has 4 rings (SSSR count). The van der Waals surface area contributed by atoms with E-state index in [1.165, 1.54) is 0 Å². The average Bonchev–Trinajstić information content (AvgIpc) is 2.93. The normalized spacial score (nSPS) is 26.0. The van der Waals surface area contributed by atoms with Gasteiger partial charge in [0.05, 0.1) is 22.8 Å². The molecule has 1 aromatic carbocycles. The Morgan fingerprint density at radius 2 is 2.00 bits per heavy atom. The fraction of sp³-hybridized carbons (Fsp3) is 0.524. The molecule has 1 aromatic rings. The highest BCUT2D eigenvalue weighted by atomic mass is 16.5. The van der Waals surface area contributed by atoms with E-state index in [1.54, 1.807) is 18.2 Å². The molecule has 0 radical (unpaired) electrons. The molecule has 160 valence electrons. The van der Waals surface area contributed by atoms with E-state index in [0.29, 0.717) is 29.8 Å². The van der Waals surface area contributed by atoms with Gasteiger partial charge >= 0.3 is 0 Å². The summed E-state index contributed by atoms with van der Waals surface area (Å²) < 4.78 is 6.03. The molecule has 3 aliphatic rings. The second kappa shape index (κ2) is 7.90. The minimum atomic E-state index is -0.958. The quantitative estimate of drug-likeness (QED) is 0.578. The Kier molecular flexibility index (Phi) is 5.44. The van der Waals surface area contributed by atoms with Gasteiger partial charge in [-0.15, -0.1) is 0 Å². The van der Waals surface area contributed by atoms with E-state index < -0.39 is 23.8 Å². The number of morpholine rings is 1. The summed E-state index contributed by atoms with van der Waals surface area (Å²) in [6.45, 7) is 6.59. The molecule has 0 bridgehead atoms. The van der Waals surface area contributed by atoms with Crippen LogP contribution in [0.1, 0.15) is 53.0 Å². The number of fused-ring (bicyclic) bond motifs is 1. The lowest BCUT2D eigenvalue weighted by molar-refractivity contribution is -0.136. The lowest BCUT2D eigenvalue weighted by Gasteiger charge is -2.36. The number of imide groups is 2. The summed E-state index contributed by atoms with van der Waals surface area (Å²) >= 11 is 0. The van der Waals surface area contributed by atoms with Gasteiger partial charge in [-0.3, -0.25) is 29.4 Å². The minimum Gasteiger partial charge on any atom is -0.368 e. The molecule has 9 nitrogen and oxygen atoms in total. The van der Waals surface area contributed by atoms with Crippen LogP contribution in [0.5, 0.6) is 0 Å². The van der Waals surface area contributed by atoms with Gasteiger partial charge in [-0.2, -0.15) is 0 Å². The predicted molar refractivity (Wildman–Crippen MR) is 107 cm³/mol. The molecule has 0 aromatic heterocycles. The highest BCUT2D eigenvalue weighted by Crippen LogP contribution is 2.30. The molecule has 1 unspecified atom stereocenters. The van der Waals surface area contributed by atoms with Gasteiger partial charge in [-0.25, -0.2) is 0 Å². The minimum absolute atomic E-state index is 0.00261. The Morgan fingerprint density at radius 3 is 2.73 bits per heavy atom. The molecule has 2 saturated heterocycles. The van der Waals surface area contributed by atoms with Gasteiger partial charge in [0.2, 0.25) is 11.8 Å². The number of hydrogen-bond donors (Lipinski definition) is 3. The molecule has 2 fully saturated rings. The smallest absolute Gasteiger partial charge is 0.262 e. The molecule has 0 spiro atoms. The first-order valence-corrected chi connectivity index (χ1v) is 10.2. The Bertz CT molecular complexity index is 913. The van der Waals surface area contributed by atoms with Gasteiger partial charge in [-0.1, -0.05) is 12.1 Å². The molecule has 0 aliphatic carbocycles. The number of nitrogens with one attached hydrogen (secondary N) is 3. The number of ether oxygens (including phenoxy) is 1. The van der Waals surface area contributed by atoms with E-state index in [0.717, 1.165) is 18.0 Å². The summed E-state index contributed by atoms with van der Waals surface area (Å²) in [5.41, 5.74) is 1.08. The van der Waals surface area contributed by atoms with Crippen LogP contribution in [0.3, 0.4) is 0 Å². The first-order chi connectivity index (χ1) is 14.3. The Hall–Kier alpha value is -2.62. The van der Waals surface area contributed by atoms with Crippen LogP contribution in [0.15, 0.2) is 18.2 Å². The van der Waals surface area contributed by atoms with Crippen molar-refractivity contribution in [2.45, 2.75) is 51.0 Å². The van der Waals surface area contributed by atoms with Crippen molar-refractivity contribution in [2.24, 2.45) is 0 Å². The van der Waals surface area contributed by atoms with E-state index in [2.05, 4.69) is 16.0 Å². The zero-order chi connectivity index (χ0) is 21.5. The Balaban J connectivity index is 1.46. The molecule has 9 heteroatoms. The monoisotopic (exact) mass is 414 g/mol. The second-order valence-electron chi connectivity index (χ2n) is 8.55. The molecular weight excluding hydrogens is 388 g/mol. The van der Waals surface area contributed by atoms with Crippen LogP contribution in [-0.2, 0) is 20.9 Å². The number of carbonyl (C=O) groups excluding carboxylic acids is 4. The third-order valence-electron chi connectivity index (χ3n) is 5.65. The molecular formula is C21H26N4O5. The van der Waals surface area contributed by atoms with Crippen molar-refractivity contribution in [3.05, 3.63) is 34.9 Å². The maximum absolute atomic E-state index is 13.1. The highest BCUT2D eigenvalue weighted by molar-refractivity contribution is 6.24. The van der Waals surface area contributed by atoms with E-state index in [4.69, 9.17) is 4.74 Å². The number of piperidine rings is 1. The highest BCUT2D eigenvalue weighted by Gasteiger charge is 2.45. The summed E-state index contributed by atoms with van der Waals surface area (Å²) in [5, 5.41) is 8.87. The number of carbonyl (C=O) groups is 4. The first kappa shape index (κ1) is 20.6. The molecule has 3 aliphatic heterocycles. The van der Waals surface area contributed by atoms with Gasteiger partial charge in [0, 0.05) is 32.6 Å². The maximum atomic E-state index is 13.1. The van der Waals surface area contributed by atoms with Crippen molar-refractivity contribution in [1.82, 2.24) is 20.9 Å². The van der Waals surface area contributed by atoms with Crippen LogP contribution >= 0.6 is 0 Å². The van der Waals surface area contributed by atoms with Crippen LogP contribution in [0, 0.1) is 0 Å². The van der Waals surface area contributed by atoms with Crippen molar-refractivity contribution in [2.75, 3.05) is 19.6 Å². The van der Waals surface area contributed by atoms with Gasteiger partial charge in [-0.05, 0) is 31.9 Å². The molecule has 4 amide bonds. The van der Waals surface area contributed by atoms with Crippen LogP contribution < -0.4 is 16.0 Å². The zero-order valence-electron chi connectivity index (χ0n) is 17.1. The third-order valence-corrected chi connectivity index (χ3v) is 5.65. The van der Waals surface area contributed by atoms with Gasteiger partial charge in [0.1, 0.15) is 6.04 Å². The van der Waals surface area contributed by atoms with Crippen molar-refractivity contribution >= 4 is 23.6 Å². The van der Waals surface area contributed by atoms with Crippen molar-refractivity contribution < 1.29 is 23.9 Å². The van der Waals surface area contributed by atoms with Gasteiger partial charge < -0.3 is 15.4 Å². The lowest BCUT2D eigenvalue weighted by Crippen LogP contribution is -2.54. The number of benzene rings is 1. The van der Waals surface area contributed by atoms with Gasteiger partial charge in [0.15, 0.2) is 0 Å². The lowest BCUT2D eigenvalue weighted by atomic mass is 10.0. The largest absolute Gasteiger partial charge is 0.368 e.